The van der Waals surface area contributed by atoms with Crippen LogP contribution in [0.15, 0.2) is 0 Å². The first kappa shape index (κ1) is 15.7. The van der Waals surface area contributed by atoms with Gasteiger partial charge in [-0.2, -0.15) is 13.2 Å². The van der Waals surface area contributed by atoms with Gasteiger partial charge in [0.2, 0.25) is 0 Å². The fourth-order valence-corrected chi connectivity index (χ4v) is 2.08. The molecule has 1 saturated carbocycles. The molecule has 18 heavy (non-hydrogen) atoms. The van der Waals surface area contributed by atoms with E-state index in [-0.39, 0.29) is 25.2 Å². The van der Waals surface area contributed by atoms with E-state index in [4.69, 9.17) is 4.74 Å². The molecule has 0 heterocycles. The Morgan fingerprint density at radius 2 is 1.83 bits per heavy atom. The second-order valence-corrected chi connectivity index (χ2v) is 5.38. The number of hydrogen-bond donors (Lipinski definition) is 2. The molecule has 0 aromatic rings. The van der Waals surface area contributed by atoms with Crippen LogP contribution in [0.4, 0.5) is 13.2 Å². The highest BCUT2D eigenvalue weighted by Gasteiger charge is 2.47. The summed E-state index contributed by atoms with van der Waals surface area (Å²) in [6, 6.07) is 0.0857. The molecule has 0 aliphatic heterocycles. The summed E-state index contributed by atoms with van der Waals surface area (Å²) in [4.78, 5) is 0. The number of rotatable bonds is 7. The van der Waals surface area contributed by atoms with Crippen LogP contribution in [-0.4, -0.2) is 42.2 Å². The molecule has 0 radical (unpaired) electrons. The van der Waals surface area contributed by atoms with Crippen LogP contribution in [0.25, 0.3) is 0 Å². The minimum atomic E-state index is -4.36. The molecule has 2 atom stereocenters. The standard InChI is InChI=1S/C12H22F3NO2/c1-8(2)16-11(6-17,10-4-5-10)7-18-9(3)12(13,14)15/h8-10,16-17H,4-7H2,1-3H3. The minimum absolute atomic E-state index is 0.0857. The van der Waals surface area contributed by atoms with E-state index < -0.39 is 17.8 Å². The van der Waals surface area contributed by atoms with Crippen molar-refractivity contribution in [3.05, 3.63) is 0 Å². The van der Waals surface area contributed by atoms with Gasteiger partial charge >= 0.3 is 6.18 Å². The molecule has 1 rings (SSSR count). The van der Waals surface area contributed by atoms with Crippen molar-refractivity contribution >= 4 is 0 Å². The van der Waals surface area contributed by atoms with E-state index in [1.54, 1.807) is 0 Å². The predicted octanol–water partition coefficient (Wildman–Crippen LogP) is 2.09. The van der Waals surface area contributed by atoms with Crippen LogP contribution < -0.4 is 5.32 Å². The Bertz CT molecular complexity index is 267. The van der Waals surface area contributed by atoms with E-state index in [2.05, 4.69) is 5.32 Å². The highest BCUT2D eigenvalue weighted by atomic mass is 19.4. The number of hydrogen-bond acceptors (Lipinski definition) is 3. The molecule has 0 aromatic heterocycles. The molecule has 0 saturated heterocycles. The first-order valence-electron chi connectivity index (χ1n) is 6.28. The number of aliphatic hydroxyl groups excluding tert-OH is 1. The highest BCUT2D eigenvalue weighted by Crippen LogP contribution is 2.40. The topological polar surface area (TPSA) is 41.5 Å². The molecule has 2 N–H and O–H groups in total. The van der Waals surface area contributed by atoms with E-state index in [9.17, 15) is 18.3 Å². The van der Waals surface area contributed by atoms with Crippen LogP contribution in [0.3, 0.4) is 0 Å². The van der Waals surface area contributed by atoms with Crippen LogP contribution in [-0.2, 0) is 4.74 Å². The Kier molecular flexibility index (Phi) is 5.03. The maximum Gasteiger partial charge on any atom is 0.414 e. The van der Waals surface area contributed by atoms with Gasteiger partial charge in [0.1, 0.15) is 0 Å². The molecule has 0 aromatic carbocycles. The summed E-state index contributed by atoms with van der Waals surface area (Å²) in [7, 11) is 0. The van der Waals surface area contributed by atoms with E-state index in [0.717, 1.165) is 19.8 Å². The smallest absolute Gasteiger partial charge is 0.394 e. The van der Waals surface area contributed by atoms with Gasteiger partial charge in [0.05, 0.1) is 18.8 Å². The Hall–Kier alpha value is -0.330. The number of alkyl halides is 3. The normalized spacial score (nSPS) is 22.0. The van der Waals surface area contributed by atoms with Gasteiger partial charge in [-0.15, -0.1) is 0 Å². The highest BCUT2D eigenvalue weighted by molar-refractivity contribution is 5.02. The summed E-state index contributed by atoms with van der Waals surface area (Å²) >= 11 is 0. The summed E-state index contributed by atoms with van der Waals surface area (Å²) in [5.41, 5.74) is -0.742. The summed E-state index contributed by atoms with van der Waals surface area (Å²) in [5.74, 6) is 0.199. The first-order valence-corrected chi connectivity index (χ1v) is 6.28. The van der Waals surface area contributed by atoms with Gasteiger partial charge in [-0.3, -0.25) is 0 Å². The Morgan fingerprint density at radius 1 is 1.28 bits per heavy atom. The van der Waals surface area contributed by atoms with E-state index in [0.29, 0.717) is 0 Å². The largest absolute Gasteiger partial charge is 0.414 e. The summed E-state index contributed by atoms with van der Waals surface area (Å²) < 4.78 is 42.1. The molecule has 108 valence electrons. The molecule has 0 bridgehead atoms. The molecule has 1 fully saturated rings. The molecular weight excluding hydrogens is 247 g/mol. The minimum Gasteiger partial charge on any atom is -0.394 e. The van der Waals surface area contributed by atoms with Crippen molar-refractivity contribution < 1.29 is 23.0 Å². The van der Waals surface area contributed by atoms with Crippen molar-refractivity contribution in [1.29, 1.82) is 0 Å². The lowest BCUT2D eigenvalue weighted by molar-refractivity contribution is -0.220. The molecular formula is C12H22F3NO2. The number of ether oxygens (including phenoxy) is 1. The molecule has 6 heteroatoms. The van der Waals surface area contributed by atoms with Crippen LogP contribution >= 0.6 is 0 Å². The molecule has 0 spiro atoms. The maximum absolute atomic E-state index is 12.4. The second kappa shape index (κ2) is 5.75. The quantitative estimate of drug-likeness (QED) is 0.743. The Morgan fingerprint density at radius 3 is 2.17 bits per heavy atom. The van der Waals surface area contributed by atoms with Crippen LogP contribution in [0.2, 0.25) is 0 Å². The average Bonchev–Trinajstić information content (AvgIpc) is 3.05. The summed E-state index contributed by atoms with van der Waals surface area (Å²) in [6.07, 6.45) is -4.33. The molecule has 3 nitrogen and oxygen atoms in total. The van der Waals surface area contributed by atoms with Crippen molar-refractivity contribution in [2.24, 2.45) is 5.92 Å². The van der Waals surface area contributed by atoms with Gasteiger partial charge in [0.25, 0.3) is 0 Å². The zero-order valence-corrected chi connectivity index (χ0v) is 11.0. The van der Waals surface area contributed by atoms with Crippen molar-refractivity contribution in [2.45, 2.75) is 57.5 Å². The van der Waals surface area contributed by atoms with Gasteiger partial charge in [-0.1, -0.05) is 13.8 Å². The lowest BCUT2D eigenvalue weighted by atomic mass is 9.94. The van der Waals surface area contributed by atoms with E-state index in [1.165, 1.54) is 0 Å². The van der Waals surface area contributed by atoms with Crippen molar-refractivity contribution in [3.63, 3.8) is 0 Å². The van der Waals surface area contributed by atoms with Gasteiger partial charge in [-0.25, -0.2) is 0 Å². The van der Waals surface area contributed by atoms with Gasteiger partial charge in [-0.05, 0) is 25.7 Å². The lowest BCUT2D eigenvalue weighted by Gasteiger charge is -2.36. The van der Waals surface area contributed by atoms with Gasteiger partial charge in [0, 0.05) is 6.04 Å². The van der Waals surface area contributed by atoms with Crippen molar-refractivity contribution in [3.8, 4) is 0 Å². The Labute approximate surface area is 106 Å². The first-order chi connectivity index (χ1) is 8.21. The Balaban J connectivity index is 2.61. The lowest BCUT2D eigenvalue weighted by Crippen LogP contribution is -2.57. The third-order valence-corrected chi connectivity index (χ3v) is 3.27. The molecule has 0 amide bonds. The van der Waals surface area contributed by atoms with Crippen LogP contribution in [0.5, 0.6) is 0 Å². The van der Waals surface area contributed by atoms with Crippen LogP contribution in [0.1, 0.15) is 33.6 Å². The molecule has 1 aliphatic carbocycles. The van der Waals surface area contributed by atoms with E-state index in [1.807, 2.05) is 13.8 Å². The monoisotopic (exact) mass is 269 g/mol. The second-order valence-electron chi connectivity index (χ2n) is 5.38. The summed E-state index contributed by atoms with van der Waals surface area (Å²) in [5, 5.41) is 12.7. The van der Waals surface area contributed by atoms with Crippen LogP contribution in [0, 0.1) is 5.92 Å². The molecule has 1 aliphatic rings. The zero-order valence-electron chi connectivity index (χ0n) is 11.0. The number of aliphatic hydroxyl groups is 1. The van der Waals surface area contributed by atoms with Crippen molar-refractivity contribution in [1.82, 2.24) is 5.32 Å². The summed E-state index contributed by atoms with van der Waals surface area (Å²) in [6.45, 7) is 4.47. The fourth-order valence-electron chi connectivity index (χ4n) is 2.08. The fraction of sp³-hybridized carbons (Fsp3) is 1.00. The predicted molar refractivity (Wildman–Crippen MR) is 62.3 cm³/mol. The SMILES string of the molecule is CC(C)NC(CO)(COC(C)C(F)(F)F)C1CC1. The van der Waals surface area contributed by atoms with E-state index >= 15 is 0 Å². The van der Waals surface area contributed by atoms with Gasteiger partial charge < -0.3 is 15.2 Å². The van der Waals surface area contributed by atoms with Crippen molar-refractivity contribution in [2.75, 3.05) is 13.2 Å². The zero-order chi connectivity index (χ0) is 14.0. The average molecular weight is 269 g/mol. The number of halogens is 3. The van der Waals surface area contributed by atoms with Gasteiger partial charge in [0.15, 0.2) is 6.10 Å². The third-order valence-electron chi connectivity index (χ3n) is 3.27. The molecule has 2 unspecified atom stereocenters. The third kappa shape index (κ3) is 4.10. The maximum atomic E-state index is 12.4. The number of nitrogens with one attached hydrogen (secondary N) is 1.